The minimum absolute atomic E-state index is 0.0452. The van der Waals surface area contributed by atoms with Crippen LogP contribution in [0.25, 0.3) is 33.3 Å². The highest BCUT2D eigenvalue weighted by Crippen LogP contribution is 2.38. The maximum Gasteiger partial charge on any atom is 0.141 e. The SMILES string of the molecule is N#Cc1ccc(-c2ncc3c(ccn3C[C@@H]3CCNC3)c2-c2ccc(C#N)c(F)c2)cc1F. The predicted octanol–water partition coefficient (Wildman–Crippen LogP) is 5.00. The molecule has 5 rings (SSSR count). The Bertz CT molecular complexity index is 1450. The van der Waals surface area contributed by atoms with Crippen LogP contribution in [0.3, 0.4) is 0 Å². The Labute approximate surface area is 189 Å². The maximum absolute atomic E-state index is 14.6. The lowest BCUT2D eigenvalue weighted by molar-refractivity contribution is 0.491. The smallest absolute Gasteiger partial charge is 0.141 e. The van der Waals surface area contributed by atoms with Crippen molar-refractivity contribution in [2.75, 3.05) is 13.1 Å². The molecule has 1 aliphatic rings. The summed E-state index contributed by atoms with van der Waals surface area (Å²) in [5.41, 5.74) is 2.97. The van der Waals surface area contributed by atoms with Gasteiger partial charge >= 0.3 is 0 Å². The van der Waals surface area contributed by atoms with E-state index in [0.717, 1.165) is 37.0 Å². The van der Waals surface area contributed by atoms with Gasteiger partial charge in [0.05, 0.1) is 28.5 Å². The van der Waals surface area contributed by atoms with E-state index >= 15 is 0 Å². The van der Waals surface area contributed by atoms with Gasteiger partial charge < -0.3 is 9.88 Å². The standard InChI is InChI=1S/C26H19F2N5/c27-22-9-17(1-3-19(22)11-29)25-21-6-8-33(15-16-5-7-31-13-16)24(21)14-32-26(25)18-2-4-20(12-30)23(28)10-18/h1-4,6,8-10,14,16,31H,5,7,13,15H2/t16-/m1/s1. The van der Waals surface area contributed by atoms with Crippen molar-refractivity contribution in [2.45, 2.75) is 13.0 Å². The number of fused-ring (bicyclic) bond motifs is 1. The average molecular weight is 439 g/mol. The van der Waals surface area contributed by atoms with Gasteiger partial charge in [0.1, 0.15) is 23.8 Å². The molecular weight excluding hydrogens is 420 g/mol. The van der Waals surface area contributed by atoms with E-state index < -0.39 is 11.6 Å². The van der Waals surface area contributed by atoms with E-state index in [1.54, 1.807) is 18.3 Å². The largest absolute Gasteiger partial charge is 0.346 e. The summed E-state index contributed by atoms with van der Waals surface area (Å²) in [6.07, 6.45) is 4.85. The first-order chi connectivity index (χ1) is 16.1. The molecule has 33 heavy (non-hydrogen) atoms. The van der Waals surface area contributed by atoms with Crippen molar-refractivity contribution in [3.63, 3.8) is 0 Å². The van der Waals surface area contributed by atoms with Gasteiger partial charge in [0.25, 0.3) is 0 Å². The van der Waals surface area contributed by atoms with E-state index in [0.29, 0.717) is 28.3 Å². The van der Waals surface area contributed by atoms with Gasteiger partial charge in [-0.1, -0.05) is 12.1 Å². The maximum atomic E-state index is 14.6. The fourth-order valence-electron chi connectivity index (χ4n) is 4.49. The molecule has 1 N–H and O–H groups in total. The van der Waals surface area contributed by atoms with E-state index in [-0.39, 0.29) is 11.1 Å². The van der Waals surface area contributed by atoms with Crippen LogP contribution in [-0.2, 0) is 6.54 Å². The molecule has 0 amide bonds. The average Bonchev–Trinajstić information content (AvgIpc) is 3.49. The lowest BCUT2D eigenvalue weighted by atomic mass is 9.95. The third kappa shape index (κ3) is 3.73. The molecule has 1 aliphatic heterocycles. The van der Waals surface area contributed by atoms with Crippen LogP contribution in [0.2, 0.25) is 0 Å². The summed E-state index contributed by atoms with van der Waals surface area (Å²) in [6.45, 7) is 2.81. The highest BCUT2D eigenvalue weighted by atomic mass is 19.1. The topological polar surface area (TPSA) is 77.4 Å². The van der Waals surface area contributed by atoms with Crippen LogP contribution in [0.1, 0.15) is 17.5 Å². The predicted molar refractivity (Wildman–Crippen MR) is 121 cm³/mol. The van der Waals surface area contributed by atoms with E-state index in [9.17, 15) is 8.78 Å². The Morgan fingerprint density at radius 2 is 1.70 bits per heavy atom. The zero-order valence-electron chi connectivity index (χ0n) is 17.6. The summed E-state index contributed by atoms with van der Waals surface area (Å²) in [5.74, 6) is -0.746. The Kier molecular flexibility index (Phi) is 5.34. The zero-order valence-corrected chi connectivity index (χ0v) is 17.6. The van der Waals surface area contributed by atoms with Crippen molar-refractivity contribution in [1.29, 1.82) is 10.5 Å². The van der Waals surface area contributed by atoms with Crippen LogP contribution in [0.4, 0.5) is 8.78 Å². The van der Waals surface area contributed by atoms with Crippen LogP contribution in [-0.4, -0.2) is 22.6 Å². The van der Waals surface area contributed by atoms with Crippen molar-refractivity contribution in [2.24, 2.45) is 5.92 Å². The van der Waals surface area contributed by atoms with E-state index in [1.165, 1.54) is 24.3 Å². The third-order valence-corrected chi connectivity index (χ3v) is 6.19. The number of nitrogens with zero attached hydrogens (tertiary/aromatic N) is 4. The molecule has 0 unspecified atom stereocenters. The highest BCUT2D eigenvalue weighted by Gasteiger charge is 2.20. The Hall–Kier alpha value is -4.07. The molecule has 5 nitrogen and oxygen atoms in total. The summed E-state index contributed by atoms with van der Waals surface area (Å²) in [4.78, 5) is 4.66. The molecule has 7 heteroatoms. The minimum atomic E-state index is -0.639. The summed E-state index contributed by atoms with van der Waals surface area (Å²) in [7, 11) is 0. The Morgan fingerprint density at radius 1 is 1.00 bits per heavy atom. The molecule has 0 saturated carbocycles. The summed E-state index contributed by atoms with van der Waals surface area (Å²) < 4.78 is 31.1. The lowest BCUT2D eigenvalue weighted by Gasteiger charge is -2.15. The van der Waals surface area contributed by atoms with Gasteiger partial charge in [0, 0.05) is 29.3 Å². The Morgan fingerprint density at radius 3 is 2.33 bits per heavy atom. The van der Waals surface area contributed by atoms with Crippen molar-refractivity contribution in [3.05, 3.63) is 77.6 Å². The number of aromatic nitrogens is 2. The second kappa shape index (κ2) is 8.46. The lowest BCUT2D eigenvalue weighted by Crippen LogP contribution is -2.14. The van der Waals surface area contributed by atoms with Crippen LogP contribution in [0.5, 0.6) is 0 Å². The number of nitriles is 2. The molecule has 0 radical (unpaired) electrons. The molecule has 1 fully saturated rings. The summed E-state index contributed by atoms with van der Waals surface area (Å²) >= 11 is 0. The van der Waals surface area contributed by atoms with E-state index in [1.807, 2.05) is 24.4 Å². The second-order valence-electron chi connectivity index (χ2n) is 8.22. The molecule has 1 atom stereocenters. The van der Waals surface area contributed by atoms with Crippen molar-refractivity contribution < 1.29 is 8.78 Å². The van der Waals surface area contributed by atoms with Gasteiger partial charge in [-0.2, -0.15) is 10.5 Å². The summed E-state index contributed by atoms with van der Waals surface area (Å²) in [5, 5.41) is 22.4. The first-order valence-electron chi connectivity index (χ1n) is 10.7. The molecule has 4 aromatic rings. The van der Waals surface area contributed by atoms with Crippen molar-refractivity contribution >= 4 is 10.9 Å². The molecule has 0 spiro atoms. The van der Waals surface area contributed by atoms with Crippen LogP contribution in [0.15, 0.2) is 54.9 Å². The molecule has 162 valence electrons. The molecule has 2 aromatic heterocycles. The third-order valence-electron chi connectivity index (χ3n) is 6.19. The van der Waals surface area contributed by atoms with Crippen LogP contribution in [0, 0.1) is 40.2 Å². The van der Waals surface area contributed by atoms with Crippen LogP contribution >= 0.6 is 0 Å². The Balaban J connectivity index is 1.72. The molecule has 0 aliphatic carbocycles. The highest BCUT2D eigenvalue weighted by molar-refractivity contribution is 6.01. The number of hydrogen-bond donors (Lipinski definition) is 1. The van der Waals surface area contributed by atoms with Gasteiger partial charge in [-0.3, -0.25) is 4.98 Å². The van der Waals surface area contributed by atoms with Gasteiger partial charge in [0.2, 0.25) is 0 Å². The first kappa shape index (κ1) is 20.8. The molecular formula is C26H19F2N5. The quantitative estimate of drug-likeness (QED) is 0.485. The minimum Gasteiger partial charge on any atom is -0.346 e. The number of hydrogen-bond acceptors (Lipinski definition) is 4. The van der Waals surface area contributed by atoms with Gasteiger partial charge in [0.15, 0.2) is 0 Å². The number of rotatable bonds is 4. The number of benzene rings is 2. The van der Waals surface area contributed by atoms with Gasteiger partial charge in [-0.25, -0.2) is 8.78 Å². The fraction of sp³-hybridized carbons (Fsp3) is 0.192. The number of nitrogens with one attached hydrogen (secondary N) is 1. The monoisotopic (exact) mass is 439 g/mol. The normalized spacial score (nSPS) is 15.5. The van der Waals surface area contributed by atoms with Gasteiger partial charge in [-0.05, 0) is 61.3 Å². The number of pyridine rings is 1. The summed E-state index contributed by atoms with van der Waals surface area (Å²) in [6, 6.07) is 14.4. The van der Waals surface area contributed by atoms with E-state index in [2.05, 4.69) is 14.9 Å². The molecule has 3 heterocycles. The van der Waals surface area contributed by atoms with E-state index in [4.69, 9.17) is 10.5 Å². The molecule has 0 bridgehead atoms. The molecule has 1 saturated heterocycles. The van der Waals surface area contributed by atoms with Gasteiger partial charge in [-0.15, -0.1) is 0 Å². The van der Waals surface area contributed by atoms with Crippen molar-refractivity contribution in [1.82, 2.24) is 14.9 Å². The van der Waals surface area contributed by atoms with Crippen LogP contribution < -0.4 is 5.32 Å². The first-order valence-corrected chi connectivity index (χ1v) is 10.7. The zero-order chi connectivity index (χ0) is 22.9. The molecule has 2 aromatic carbocycles. The fourth-order valence-corrected chi connectivity index (χ4v) is 4.49. The second-order valence-corrected chi connectivity index (χ2v) is 8.22. The van der Waals surface area contributed by atoms with Crippen molar-refractivity contribution in [3.8, 4) is 34.5 Å². The number of halogens is 2.